The Hall–Kier alpha value is -1.40. The van der Waals surface area contributed by atoms with E-state index in [1.165, 1.54) is 0 Å². The zero-order valence-electron chi connectivity index (χ0n) is 12.8. The highest BCUT2D eigenvalue weighted by atomic mass is 32.2. The molecule has 0 fully saturated rings. The number of benzene rings is 1. The first-order chi connectivity index (χ1) is 9.84. The summed E-state index contributed by atoms with van der Waals surface area (Å²) in [5.74, 6) is -0.376. The van der Waals surface area contributed by atoms with E-state index in [1.807, 2.05) is 18.2 Å². The van der Waals surface area contributed by atoms with E-state index in [1.54, 1.807) is 33.0 Å². The molecule has 0 aliphatic rings. The number of hydrogen-bond acceptors (Lipinski definition) is 4. The summed E-state index contributed by atoms with van der Waals surface area (Å²) < 4.78 is 24.5. The van der Waals surface area contributed by atoms with Crippen molar-refractivity contribution >= 4 is 15.7 Å². The fourth-order valence-electron chi connectivity index (χ4n) is 1.96. The molecule has 1 aromatic carbocycles. The number of carbonyl (C=O) groups excluding carboxylic acids is 1. The molecule has 0 aliphatic heterocycles. The molecule has 0 aliphatic carbocycles. The Kier molecular flexibility index (Phi) is 6.84. The van der Waals surface area contributed by atoms with Crippen molar-refractivity contribution in [1.29, 1.82) is 0 Å². The van der Waals surface area contributed by atoms with Crippen LogP contribution in [0.3, 0.4) is 0 Å². The first-order valence-electron chi connectivity index (χ1n) is 7.03. The molecule has 0 aromatic heterocycles. The van der Waals surface area contributed by atoms with E-state index < -0.39 is 15.9 Å². The van der Waals surface area contributed by atoms with E-state index in [0.29, 0.717) is 6.54 Å². The van der Waals surface area contributed by atoms with E-state index in [4.69, 9.17) is 0 Å². The number of rotatable bonds is 8. The molecule has 5 nitrogen and oxygen atoms in total. The van der Waals surface area contributed by atoms with E-state index in [-0.39, 0.29) is 23.3 Å². The first-order valence-corrected chi connectivity index (χ1v) is 8.85. The second-order valence-electron chi connectivity index (χ2n) is 5.46. The Bertz CT molecular complexity index is 541. The third-order valence-corrected chi connectivity index (χ3v) is 4.69. The van der Waals surface area contributed by atoms with Crippen LogP contribution in [0.15, 0.2) is 30.3 Å². The minimum Gasteiger partial charge on any atom is -0.351 e. The van der Waals surface area contributed by atoms with Crippen LogP contribution >= 0.6 is 0 Å². The van der Waals surface area contributed by atoms with Crippen molar-refractivity contribution in [3.05, 3.63) is 35.9 Å². The quantitative estimate of drug-likeness (QED) is 0.750. The summed E-state index contributed by atoms with van der Waals surface area (Å²) >= 11 is 0. The Morgan fingerprint density at radius 3 is 2.33 bits per heavy atom. The molecule has 1 atom stereocenters. The van der Waals surface area contributed by atoms with Gasteiger partial charge in [0.2, 0.25) is 5.91 Å². The van der Waals surface area contributed by atoms with Gasteiger partial charge in [0.25, 0.3) is 0 Å². The summed E-state index contributed by atoms with van der Waals surface area (Å²) in [5.41, 5.74) is 0.760. The van der Waals surface area contributed by atoms with Crippen LogP contribution in [0.2, 0.25) is 0 Å². The molecule has 1 rings (SSSR count). The van der Waals surface area contributed by atoms with Crippen molar-refractivity contribution in [2.75, 3.05) is 19.3 Å². The fraction of sp³-hybridized carbons (Fsp3) is 0.533. The summed E-state index contributed by atoms with van der Waals surface area (Å²) in [5, 5.41) is 5.70. The fourth-order valence-corrected chi connectivity index (χ4v) is 3.59. The highest BCUT2D eigenvalue weighted by Crippen LogP contribution is 2.07. The minimum absolute atomic E-state index is 0.00833. The van der Waals surface area contributed by atoms with Gasteiger partial charge in [-0.1, -0.05) is 44.2 Å². The summed E-state index contributed by atoms with van der Waals surface area (Å²) in [4.78, 5) is 11.7. The van der Waals surface area contributed by atoms with Crippen molar-refractivity contribution < 1.29 is 13.2 Å². The van der Waals surface area contributed by atoms with Crippen LogP contribution in [0.25, 0.3) is 0 Å². The average Bonchev–Trinajstić information content (AvgIpc) is 2.38. The van der Waals surface area contributed by atoms with Crippen molar-refractivity contribution in [1.82, 2.24) is 10.6 Å². The van der Waals surface area contributed by atoms with Gasteiger partial charge in [-0.25, -0.2) is 8.42 Å². The van der Waals surface area contributed by atoms with Crippen LogP contribution in [-0.2, 0) is 20.4 Å². The predicted octanol–water partition coefficient (Wildman–Crippen LogP) is 0.962. The highest BCUT2D eigenvalue weighted by Gasteiger charge is 2.21. The second kappa shape index (κ2) is 8.14. The maximum Gasteiger partial charge on any atom is 0.222 e. The lowest BCUT2D eigenvalue weighted by molar-refractivity contribution is -0.124. The van der Waals surface area contributed by atoms with Gasteiger partial charge in [-0.05, 0) is 12.6 Å². The molecule has 0 saturated heterocycles. The number of hydrogen-bond donors (Lipinski definition) is 2. The van der Waals surface area contributed by atoms with Crippen molar-refractivity contribution in [2.45, 2.75) is 25.6 Å². The van der Waals surface area contributed by atoms with Gasteiger partial charge in [0.1, 0.15) is 0 Å². The molecule has 0 saturated carbocycles. The van der Waals surface area contributed by atoms with Gasteiger partial charge in [0.05, 0.1) is 17.5 Å². The summed E-state index contributed by atoms with van der Waals surface area (Å²) in [6.07, 6.45) is 0. The van der Waals surface area contributed by atoms with Gasteiger partial charge in [-0.2, -0.15) is 0 Å². The molecule has 118 valence electrons. The molecule has 21 heavy (non-hydrogen) atoms. The monoisotopic (exact) mass is 312 g/mol. The molecule has 0 spiro atoms. The lowest BCUT2D eigenvalue weighted by Crippen LogP contribution is -2.47. The minimum atomic E-state index is -3.28. The first kappa shape index (κ1) is 17.7. The zero-order valence-corrected chi connectivity index (χ0v) is 13.6. The standard InChI is InChI=1S/C15H24N2O3S/c1-12(2)15(18)17-14(9-16-3)11-21(19,20)10-13-7-5-4-6-8-13/h4-8,12,14,16H,9-11H2,1-3H3,(H,17,18). The lowest BCUT2D eigenvalue weighted by atomic mass is 10.2. The predicted molar refractivity (Wildman–Crippen MR) is 84.6 cm³/mol. The number of sulfone groups is 1. The largest absolute Gasteiger partial charge is 0.351 e. The third kappa shape index (κ3) is 6.73. The molecular formula is C15H24N2O3S. The molecule has 0 bridgehead atoms. The SMILES string of the molecule is CNCC(CS(=O)(=O)Cc1ccccc1)NC(=O)C(C)C. The van der Waals surface area contributed by atoms with Crippen molar-refractivity contribution in [3.63, 3.8) is 0 Å². The van der Waals surface area contributed by atoms with E-state index in [9.17, 15) is 13.2 Å². The number of likely N-dealkylation sites (N-methyl/N-ethyl adjacent to an activating group) is 1. The Labute approximate surface area is 127 Å². The number of carbonyl (C=O) groups is 1. The van der Waals surface area contributed by atoms with Crippen molar-refractivity contribution in [3.8, 4) is 0 Å². The average molecular weight is 312 g/mol. The molecule has 0 heterocycles. The summed E-state index contributed by atoms with van der Waals surface area (Å²) in [6.45, 7) is 3.99. The lowest BCUT2D eigenvalue weighted by Gasteiger charge is -2.19. The van der Waals surface area contributed by atoms with Gasteiger partial charge >= 0.3 is 0 Å². The van der Waals surface area contributed by atoms with Gasteiger partial charge in [0.15, 0.2) is 9.84 Å². The molecule has 0 radical (unpaired) electrons. The van der Waals surface area contributed by atoms with Crippen LogP contribution in [-0.4, -0.2) is 39.7 Å². The van der Waals surface area contributed by atoms with Gasteiger partial charge in [-0.3, -0.25) is 4.79 Å². The highest BCUT2D eigenvalue weighted by molar-refractivity contribution is 7.90. The Balaban J connectivity index is 2.70. The summed E-state index contributed by atoms with van der Waals surface area (Å²) in [7, 11) is -1.55. The molecular weight excluding hydrogens is 288 g/mol. The third-order valence-electron chi connectivity index (χ3n) is 3.01. The van der Waals surface area contributed by atoms with Crippen LogP contribution in [0.4, 0.5) is 0 Å². The van der Waals surface area contributed by atoms with E-state index >= 15 is 0 Å². The molecule has 1 unspecified atom stereocenters. The van der Waals surface area contributed by atoms with Crippen molar-refractivity contribution in [2.24, 2.45) is 5.92 Å². The van der Waals surface area contributed by atoms with Crippen LogP contribution in [0, 0.1) is 5.92 Å². The molecule has 2 N–H and O–H groups in total. The van der Waals surface area contributed by atoms with Crippen LogP contribution in [0.1, 0.15) is 19.4 Å². The number of nitrogens with one attached hydrogen (secondary N) is 2. The number of amides is 1. The Morgan fingerprint density at radius 2 is 1.81 bits per heavy atom. The Morgan fingerprint density at radius 1 is 1.19 bits per heavy atom. The van der Waals surface area contributed by atoms with E-state index in [2.05, 4.69) is 10.6 Å². The smallest absolute Gasteiger partial charge is 0.222 e. The van der Waals surface area contributed by atoms with E-state index in [0.717, 1.165) is 5.56 Å². The second-order valence-corrected chi connectivity index (χ2v) is 7.57. The van der Waals surface area contributed by atoms with Gasteiger partial charge < -0.3 is 10.6 Å². The molecule has 1 aromatic rings. The maximum absolute atomic E-state index is 12.3. The van der Waals surface area contributed by atoms with Crippen LogP contribution < -0.4 is 10.6 Å². The topological polar surface area (TPSA) is 75.3 Å². The molecule has 6 heteroatoms. The molecule has 1 amide bonds. The maximum atomic E-state index is 12.3. The van der Waals surface area contributed by atoms with Crippen LogP contribution in [0.5, 0.6) is 0 Å². The van der Waals surface area contributed by atoms with Gasteiger partial charge in [0, 0.05) is 12.5 Å². The zero-order chi connectivity index (χ0) is 15.9. The summed E-state index contributed by atoms with van der Waals surface area (Å²) in [6, 6.07) is 8.64. The normalized spacial score (nSPS) is 13.1. The van der Waals surface area contributed by atoms with Gasteiger partial charge in [-0.15, -0.1) is 0 Å².